The number of pyridine rings is 1. The van der Waals surface area contributed by atoms with Gasteiger partial charge in [0.05, 0.1) is 27.8 Å². The van der Waals surface area contributed by atoms with Gasteiger partial charge >= 0.3 is 0 Å². The third kappa shape index (κ3) is 3.52. The number of nitrogen functional groups attached to an aromatic ring is 1. The lowest BCUT2D eigenvalue weighted by atomic mass is 10.1. The number of aromatic nitrogens is 4. The molecule has 5 aromatic rings. The Hall–Kier alpha value is -4.11. The molecule has 0 amide bonds. The molecule has 33 heavy (non-hydrogen) atoms. The molecule has 5 rings (SSSR count). The normalized spacial score (nSPS) is 12.2. The number of anilines is 1. The molecule has 0 aliphatic carbocycles. The zero-order valence-electron chi connectivity index (χ0n) is 18.0. The standard InChI is InChI=1S/C24H20N6O2S/c1-15-10-11-18(13-16(15)2)33(31,32)22-21-24(29-20-9-4-3-8-19(20)28-21)30(23(22)25)27-14-17-7-5-6-12-26-17/h3-14H,25H2,1-2H3/b27-14+. The maximum Gasteiger partial charge on any atom is 0.212 e. The highest BCUT2D eigenvalue weighted by Crippen LogP contribution is 2.35. The molecule has 164 valence electrons. The van der Waals surface area contributed by atoms with Crippen molar-refractivity contribution in [2.75, 3.05) is 5.73 Å². The van der Waals surface area contributed by atoms with Crippen molar-refractivity contribution in [3.8, 4) is 0 Å². The quantitative estimate of drug-likeness (QED) is 0.410. The van der Waals surface area contributed by atoms with Crippen molar-refractivity contribution in [1.82, 2.24) is 19.6 Å². The van der Waals surface area contributed by atoms with Crippen molar-refractivity contribution in [1.29, 1.82) is 0 Å². The van der Waals surface area contributed by atoms with Crippen LogP contribution < -0.4 is 5.73 Å². The van der Waals surface area contributed by atoms with Crippen LogP contribution in [0.5, 0.6) is 0 Å². The molecule has 2 aromatic carbocycles. The van der Waals surface area contributed by atoms with Crippen LogP contribution in [-0.4, -0.2) is 34.3 Å². The van der Waals surface area contributed by atoms with E-state index in [1.54, 1.807) is 48.7 Å². The summed E-state index contributed by atoms with van der Waals surface area (Å²) in [6, 6.07) is 17.6. The molecule has 2 N–H and O–H groups in total. The molecule has 0 saturated heterocycles. The highest BCUT2D eigenvalue weighted by atomic mass is 32.2. The molecule has 0 spiro atoms. The summed E-state index contributed by atoms with van der Waals surface area (Å²) >= 11 is 0. The minimum atomic E-state index is -4.00. The Kier molecular flexibility index (Phi) is 4.90. The average molecular weight is 457 g/mol. The Balaban J connectivity index is 1.81. The lowest BCUT2D eigenvalue weighted by Crippen LogP contribution is -2.07. The summed E-state index contributed by atoms with van der Waals surface area (Å²) in [4.78, 5) is 13.5. The molecule has 3 aromatic heterocycles. The lowest BCUT2D eigenvalue weighted by molar-refractivity contribution is 0.597. The predicted molar refractivity (Wildman–Crippen MR) is 128 cm³/mol. The summed E-state index contributed by atoms with van der Waals surface area (Å²) in [6.45, 7) is 3.79. The second-order valence-electron chi connectivity index (χ2n) is 7.66. The van der Waals surface area contributed by atoms with Crippen molar-refractivity contribution in [3.05, 3.63) is 83.7 Å². The minimum absolute atomic E-state index is 0.0642. The van der Waals surface area contributed by atoms with E-state index >= 15 is 0 Å². The maximum atomic E-state index is 13.7. The second kappa shape index (κ2) is 7.79. The van der Waals surface area contributed by atoms with Crippen molar-refractivity contribution in [2.24, 2.45) is 5.10 Å². The van der Waals surface area contributed by atoms with E-state index in [-0.39, 0.29) is 26.8 Å². The van der Waals surface area contributed by atoms with Gasteiger partial charge in [0.15, 0.2) is 5.65 Å². The van der Waals surface area contributed by atoms with Gasteiger partial charge < -0.3 is 5.73 Å². The van der Waals surface area contributed by atoms with Gasteiger partial charge in [-0.15, -0.1) is 0 Å². The van der Waals surface area contributed by atoms with Crippen LogP contribution in [0.4, 0.5) is 5.82 Å². The summed E-state index contributed by atoms with van der Waals surface area (Å²) in [5, 5.41) is 4.41. The van der Waals surface area contributed by atoms with Gasteiger partial charge in [0.25, 0.3) is 0 Å². The first-order chi connectivity index (χ1) is 15.9. The molecule has 0 bridgehead atoms. The third-order valence-corrected chi connectivity index (χ3v) is 7.29. The number of rotatable bonds is 4. The average Bonchev–Trinajstić information content (AvgIpc) is 3.09. The van der Waals surface area contributed by atoms with Crippen LogP contribution in [0.1, 0.15) is 16.8 Å². The van der Waals surface area contributed by atoms with E-state index in [9.17, 15) is 8.42 Å². The Bertz CT molecular complexity index is 1660. The van der Waals surface area contributed by atoms with Crippen LogP contribution >= 0.6 is 0 Å². The Morgan fingerprint density at radius 1 is 0.939 bits per heavy atom. The molecule has 0 aliphatic rings. The second-order valence-corrected chi connectivity index (χ2v) is 9.55. The molecule has 9 heteroatoms. The lowest BCUT2D eigenvalue weighted by Gasteiger charge is -2.07. The van der Waals surface area contributed by atoms with Crippen LogP contribution in [0.3, 0.4) is 0 Å². The summed E-state index contributed by atoms with van der Waals surface area (Å²) < 4.78 is 28.8. The van der Waals surface area contributed by atoms with Crippen LogP contribution in [0.25, 0.3) is 22.2 Å². The van der Waals surface area contributed by atoms with Gasteiger partial charge in [0, 0.05) is 6.20 Å². The summed E-state index contributed by atoms with van der Waals surface area (Å²) in [6.07, 6.45) is 3.14. The Morgan fingerprint density at radius 3 is 2.36 bits per heavy atom. The first-order valence-corrected chi connectivity index (χ1v) is 11.7. The minimum Gasteiger partial charge on any atom is -0.382 e. The number of aryl methyl sites for hydroxylation is 2. The predicted octanol–water partition coefficient (Wildman–Crippen LogP) is 3.89. The van der Waals surface area contributed by atoms with E-state index in [0.29, 0.717) is 16.7 Å². The zero-order chi connectivity index (χ0) is 23.2. The van der Waals surface area contributed by atoms with E-state index in [1.165, 1.54) is 10.9 Å². The number of benzene rings is 2. The molecule has 0 aliphatic heterocycles. The van der Waals surface area contributed by atoms with Gasteiger partial charge in [-0.2, -0.15) is 9.78 Å². The third-order valence-electron chi connectivity index (χ3n) is 5.48. The Labute approximate surface area is 190 Å². The van der Waals surface area contributed by atoms with Gasteiger partial charge in [-0.3, -0.25) is 4.98 Å². The fourth-order valence-corrected chi connectivity index (χ4v) is 5.14. The number of hydrogen-bond donors (Lipinski definition) is 1. The molecular formula is C24H20N6O2S. The molecule has 3 heterocycles. The first-order valence-electron chi connectivity index (χ1n) is 10.2. The largest absolute Gasteiger partial charge is 0.382 e. The number of nitrogens with zero attached hydrogens (tertiary/aromatic N) is 5. The Morgan fingerprint density at radius 2 is 1.67 bits per heavy atom. The highest BCUT2D eigenvalue weighted by molar-refractivity contribution is 7.92. The van der Waals surface area contributed by atoms with Gasteiger partial charge in [0.2, 0.25) is 9.84 Å². The topological polar surface area (TPSA) is 116 Å². The van der Waals surface area contributed by atoms with Crippen LogP contribution in [-0.2, 0) is 9.84 Å². The van der Waals surface area contributed by atoms with E-state index in [4.69, 9.17) is 5.73 Å². The maximum absolute atomic E-state index is 13.7. The fraction of sp³-hybridized carbons (Fsp3) is 0.0833. The molecule has 0 saturated carbocycles. The number of hydrogen-bond acceptors (Lipinski definition) is 7. The molecule has 0 unspecified atom stereocenters. The molecule has 0 fully saturated rings. The monoisotopic (exact) mass is 456 g/mol. The molecule has 0 atom stereocenters. The van der Waals surface area contributed by atoms with Gasteiger partial charge in [-0.05, 0) is 61.4 Å². The zero-order valence-corrected chi connectivity index (χ0v) is 18.8. The van der Waals surface area contributed by atoms with Gasteiger partial charge in [0.1, 0.15) is 16.2 Å². The highest BCUT2D eigenvalue weighted by Gasteiger charge is 2.30. The van der Waals surface area contributed by atoms with Crippen LogP contribution in [0, 0.1) is 13.8 Å². The van der Waals surface area contributed by atoms with Crippen molar-refractivity contribution in [3.63, 3.8) is 0 Å². The summed E-state index contributed by atoms with van der Waals surface area (Å²) in [5.74, 6) is -0.0642. The summed E-state index contributed by atoms with van der Waals surface area (Å²) in [7, 11) is -4.00. The molecule has 0 radical (unpaired) electrons. The molecule has 8 nitrogen and oxygen atoms in total. The van der Waals surface area contributed by atoms with Crippen molar-refractivity contribution in [2.45, 2.75) is 23.6 Å². The van der Waals surface area contributed by atoms with E-state index in [1.807, 2.05) is 32.0 Å². The smallest absolute Gasteiger partial charge is 0.212 e. The number of fused-ring (bicyclic) bond motifs is 2. The molecular weight excluding hydrogens is 436 g/mol. The van der Waals surface area contributed by atoms with Crippen molar-refractivity contribution >= 4 is 44.1 Å². The van der Waals surface area contributed by atoms with Crippen molar-refractivity contribution < 1.29 is 8.42 Å². The number of sulfone groups is 1. The van der Waals surface area contributed by atoms with E-state index < -0.39 is 9.84 Å². The number of para-hydroxylation sites is 2. The van der Waals surface area contributed by atoms with Crippen LogP contribution in [0.15, 0.2) is 81.8 Å². The SMILES string of the molecule is Cc1ccc(S(=O)(=O)c2c(N)n(/N=C/c3ccccn3)c3nc4ccccc4nc23)cc1C. The van der Waals surface area contributed by atoms with Gasteiger partial charge in [-0.1, -0.05) is 24.3 Å². The fourth-order valence-electron chi connectivity index (χ4n) is 3.57. The van der Waals surface area contributed by atoms with Gasteiger partial charge in [-0.25, -0.2) is 18.4 Å². The number of nitrogens with two attached hydrogens (primary N) is 1. The summed E-state index contributed by atoms with van der Waals surface area (Å²) in [5.41, 5.74) is 10.4. The van der Waals surface area contributed by atoms with Crippen LogP contribution in [0.2, 0.25) is 0 Å². The first kappa shape index (κ1) is 20.8. The van der Waals surface area contributed by atoms with E-state index in [2.05, 4.69) is 20.1 Å². The van der Waals surface area contributed by atoms with E-state index in [0.717, 1.165) is 11.1 Å².